The molecule has 3 heterocycles. The highest BCUT2D eigenvalue weighted by molar-refractivity contribution is 6.35. The molecule has 1 aliphatic heterocycles. The number of amides is 1. The van der Waals surface area contributed by atoms with E-state index in [1.165, 1.54) is 19.2 Å². The first kappa shape index (κ1) is 20.2. The number of methoxy groups -OCH3 is 1. The molecule has 1 N–H and O–H groups in total. The molecule has 0 bridgehead atoms. The number of fused-ring (bicyclic) bond motifs is 1. The van der Waals surface area contributed by atoms with Gasteiger partial charge >= 0.3 is 5.97 Å². The molecular weight excluding hydrogens is 411 g/mol. The van der Waals surface area contributed by atoms with E-state index >= 15 is 4.39 Å². The van der Waals surface area contributed by atoms with Gasteiger partial charge in [0, 0.05) is 49.4 Å². The van der Waals surface area contributed by atoms with E-state index in [9.17, 15) is 9.59 Å². The molecule has 0 fully saturated rings. The number of hydrogen-bond acceptors (Lipinski definition) is 4. The molecule has 30 heavy (non-hydrogen) atoms. The predicted octanol–water partition coefficient (Wildman–Crippen LogP) is 3.65. The average Bonchev–Trinajstić information content (AvgIpc) is 3.44. The molecule has 0 saturated carbocycles. The number of benzene rings is 1. The molecule has 2 aromatic heterocycles. The van der Waals surface area contributed by atoms with Crippen molar-refractivity contribution in [1.29, 1.82) is 0 Å². The van der Waals surface area contributed by atoms with Crippen LogP contribution in [-0.4, -0.2) is 51.7 Å². The van der Waals surface area contributed by atoms with Crippen LogP contribution < -0.4 is 0 Å². The number of rotatable bonds is 5. The van der Waals surface area contributed by atoms with E-state index in [0.717, 1.165) is 0 Å². The number of carbonyl (C=O) groups excluding carboxylic acids is 2. The van der Waals surface area contributed by atoms with Gasteiger partial charge in [0.05, 0.1) is 17.6 Å². The topological polar surface area (TPSA) is 80.2 Å². The number of esters is 1. The van der Waals surface area contributed by atoms with Crippen molar-refractivity contribution < 1.29 is 18.7 Å². The summed E-state index contributed by atoms with van der Waals surface area (Å²) >= 11 is 6.36. The summed E-state index contributed by atoms with van der Waals surface area (Å²) in [6.45, 7) is 1.36. The zero-order valence-electron chi connectivity index (χ0n) is 16.3. The largest absolute Gasteiger partial charge is 0.464 e. The standard InChI is InChI=1S/C21H20ClFN4O3/c1-30-21(29)17-11-15-16(22)10-14(19(23)20(15)25-17)13-4-2-7-26(12-13)18(28)5-9-27-8-3-6-24-27/h3-4,6,8,10-11,25H,2,5,7,9,12H2,1H3. The lowest BCUT2D eigenvalue weighted by atomic mass is 9.99. The second-order valence-electron chi connectivity index (χ2n) is 7.04. The first-order chi connectivity index (χ1) is 14.5. The van der Waals surface area contributed by atoms with E-state index in [0.29, 0.717) is 54.0 Å². The fourth-order valence-electron chi connectivity index (χ4n) is 3.63. The van der Waals surface area contributed by atoms with Crippen LogP contribution in [0.1, 0.15) is 28.9 Å². The Bertz CT molecular complexity index is 1140. The van der Waals surface area contributed by atoms with Crippen LogP contribution in [0.15, 0.2) is 36.7 Å². The minimum atomic E-state index is -0.603. The molecule has 4 rings (SSSR count). The van der Waals surface area contributed by atoms with E-state index in [2.05, 4.69) is 14.8 Å². The summed E-state index contributed by atoms with van der Waals surface area (Å²) in [6, 6.07) is 4.81. The fraction of sp³-hybridized carbons (Fsp3) is 0.286. The van der Waals surface area contributed by atoms with E-state index in [1.54, 1.807) is 28.0 Å². The summed E-state index contributed by atoms with van der Waals surface area (Å²) in [7, 11) is 1.25. The van der Waals surface area contributed by atoms with Crippen molar-refractivity contribution in [3.05, 3.63) is 58.8 Å². The van der Waals surface area contributed by atoms with Crippen LogP contribution in [0.5, 0.6) is 0 Å². The Kier molecular flexibility index (Phi) is 5.59. The van der Waals surface area contributed by atoms with Gasteiger partial charge in [-0.25, -0.2) is 9.18 Å². The summed E-state index contributed by atoms with van der Waals surface area (Å²) in [5.41, 5.74) is 1.26. The lowest BCUT2D eigenvalue weighted by Crippen LogP contribution is -2.36. The fourth-order valence-corrected chi connectivity index (χ4v) is 3.88. The molecule has 1 amide bonds. The molecule has 0 radical (unpaired) electrons. The minimum absolute atomic E-state index is 0.0171. The lowest BCUT2D eigenvalue weighted by Gasteiger charge is -2.28. The van der Waals surface area contributed by atoms with Gasteiger partial charge in [-0.2, -0.15) is 5.10 Å². The zero-order valence-corrected chi connectivity index (χ0v) is 17.1. The highest BCUT2D eigenvalue weighted by atomic mass is 35.5. The second-order valence-corrected chi connectivity index (χ2v) is 7.44. The van der Waals surface area contributed by atoms with E-state index in [-0.39, 0.29) is 17.1 Å². The summed E-state index contributed by atoms with van der Waals surface area (Å²) in [5.74, 6) is -1.13. The maximum Gasteiger partial charge on any atom is 0.354 e. The van der Waals surface area contributed by atoms with Gasteiger partial charge in [-0.15, -0.1) is 0 Å². The van der Waals surface area contributed by atoms with Crippen molar-refractivity contribution in [2.24, 2.45) is 0 Å². The van der Waals surface area contributed by atoms with Gasteiger partial charge in [0.2, 0.25) is 5.91 Å². The number of carbonyl (C=O) groups is 2. The zero-order chi connectivity index (χ0) is 21.3. The van der Waals surface area contributed by atoms with Crippen LogP contribution >= 0.6 is 11.6 Å². The second kappa shape index (κ2) is 8.31. The van der Waals surface area contributed by atoms with Gasteiger partial charge in [-0.1, -0.05) is 17.7 Å². The van der Waals surface area contributed by atoms with Gasteiger partial charge in [-0.05, 0) is 30.2 Å². The number of aromatic amines is 1. The van der Waals surface area contributed by atoms with Crippen molar-refractivity contribution in [2.45, 2.75) is 19.4 Å². The normalized spacial score (nSPS) is 14.1. The number of H-pyrrole nitrogens is 1. The number of nitrogens with zero attached hydrogens (tertiary/aromatic N) is 3. The number of aromatic nitrogens is 3. The maximum atomic E-state index is 15.3. The Hall–Kier alpha value is -3.13. The number of halogens is 2. The molecule has 7 nitrogen and oxygen atoms in total. The number of nitrogens with one attached hydrogen (secondary N) is 1. The van der Waals surface area contributed by atoms with Crippen molar-refractivity contribution in [3.63, 3.8) is 0 Å². The van der Waals surface area contributed by atoms with Gasteiger partial charge in [0.15, 0.2) is 5.82 Å². The SMILES string of the molecule is COC(=O)c1cc2c(Cl)cc(C3=CCCN(C(=O)CCn4cccn4)C3)c(F)c2[nH]1. The molecule has 0 atom stereocenters. The smallest absolute Gasteiger partial charge is 0.354 e. The Morgan fingerprint density at radius 1 is 1.37 bits per heavy atom. The molecule has 0 aliphatic carbocycles. The number of ether oxygens (including phenoxy) is 1. The van der Waals surface area contributed by atoms with Crippen LogP contribution in [0.2, 0.25) is 5.02 Å². The van der Waals surface area contributed by atoms with E-state index < -0.39 is 11.8 Å². The molecule has 0 spiro atoms. The maximum absolute atomic E-state index is 15.3. The molecular formula is C21H20ClFN4O3. The van der Waals surface area contributed by atoms with Crippen molar-refractivity contribution in [2.75, 3.05) is 20.2 Å². The highest BCUT2D eigenvalue weighted by Crippen LogP contribution is 2.34. The number of hydrogen-bond donors (Lipinski definition) is 1. The summed E-state index contributed by atoms with van der Waals surface area (Å²) in [5, 5.41) is 4.82. The Morgan fingerprint density at radius 3 is 2.93 bits per heavy atom. The molecule has 156 valence electrons. The molecule has 9 heteroatoms. The molecule has 0 unspecified atom stereocenters. The van der Waals surface area contributed by atoms with Crippen LogP contribution in [0.4, 0.5) is 4.39 Å². The van der Waals surface area contributed by atoms with Gasteiger partial charge < -0.3 is 14.6 Å². The summed E-state index contributed by atoms with van der Waals surface area (Å²) < 4.78 is 21.7. The number of aryl methyl sites for hydroxylation is 1. The Balaban J connectivity index is 1.57. The quantitative estimate of drug-likeness (QED) is 0.626. The van der Waals surface area contributed by atoms with Gasteiger partial charge in [0.1, 0.15) is 5.69 Å². The monoisotopic (exact) mass is 430 g/mol. The third-order valence-electron chi connectivity index (χ3n) is 5.17. The lowest BCUT2D eigenvalue weighted by molar-refractivity contribution is -0.131. The predicted molar refractivity (Wildman–Crippen MR) is 111 cm³/mol. The van der Waals surface area contributed by atoms with E-state index in [4.69, 9.17) is 11.6 Å². The summed E-state index contributed by atoms with van der Waals surface area (Å²) in [6.07, 6.45) is 6.33. The van der Waals surface area contributed by atoms with Crippen molar-refractivity contribution in [3.8, 4) is 0 Å². The Morgan fingerprint density at radius 2 is 2.20 bits per heavy atom. The third kappa shape index (κ3) is 3.82. The minimum Gasteiger partial charge on any atom is -0.464 e. The first-order valence-electron chi connectivity index (χ1n) is 9.51. The van der Waals surface area contributed by atoms with Crippen LogP contribution in [0.3, 0.4) is 0 Å². The molecule has 3 aromatic rings. The third-order valence-corrected chi connectivity index (χ3v) is 5.48. The molecule has 1 aliphatic rings. The van der Waals surface area contributed by atoms with Crippen LogP contribution in [-0.2, 0) is 16.1 Å². The average molecular weight is 431 g/mol. The first-order valence-corrected chi connectivity index (χ1v) is 9.89. The highest BCUT2D eigenvalue weighted by Gasteiger charge is 2.24. The van der Waals surface area contributed by atoms with E-state index in [1.807, 2.05) is 6.08 Å². The van der Waals surface area contributed by atoms with Crippen molar-refractivity contribution >= 4 is 40.0 Å². The van der Waals surface area contributed by atoms with Gasteiger partial charge in [-0.3, -0.25) is 9.48 Å². The molecule has 0 saturated heterocycles. The van der Waals surface area contributed by atoms with Crippen molar-refractivity contribution in [1.82, 2.24) is 19.7 Å². The van der Waals surface area contributed by atoms with Gasteiger partial charge in [0.25, 0.3) is 0 Å². The van der Waals surface area contributed by atoms with Crippen LogP contribution in [0.25, 0.3) is 16.5 Å². The molecule has 1 aromatic carbocycles. The Labute approximate surface area is 177 Å². The summed E-state index contributed by atoms with van der Waals surface area (Å²) in [4.78, 5) is 28.9. The van der Waals surface area contributed by atoms with Crippen LogP contribution in [0, 0.1) is 5.82 Å².